The number of nitrogens with two attached hydrogens (primary N) is 1. The minimum atomic E-state index is -0.375. The zero-order chi connectivity index (χ0) is 9.26. The van der Waals surface area contributed by atoms with Crippen molar-refractivity contribution < 1.29 is 4.39 Å². The first-order valence-electron chi connectivity index (χ1n) is 3.70. The topological polar surface area (TPSA) is 56.7 Å². The number of para-hydroxylation sites is 1. The molecule has 0 aliphatic rings. The van der Waals surface area contributed by atoms with Crippen molar-refractivity contribution in [1.82, 2.24) is 15.0 Å². The van der Waals surface area contributed by atoms with Gasteiger partial charge in [-0.1, -0.05) is 17.3 Å². The van der Waals surface area contributed by atoms with Crippen LogP contribution in [0, 0.1) is 5.82 Å². The molecule has 13 heavy (non-hydrogen) atoms. The Labute approximate surface area is 73.8 Å². The fourth-order valence-electron chi connectivity index (χ4n) is 1.05. The Morgan fingerprint density at radius 3 is 2.69 bits per heavy atom. The van der Waals surface area contributed by atoms with Gasteiger partial charge in [-0.3, -0.25) is 0 Å². The van der Waals surface area contributed by atoms with Crippen molar-refractivity contribution in [2.24, 2.45) is 0 Å². The molecule has 4 nitrogen and oxygen atoms in total. The molecule has 0 atom stereocenters. The second kappa shape index (κ2) is 2.85. The van der Waals surface area contributed by atoms with Crippen molar-refractivity contribution in [2.45, 2.75) is 0 Å². The molecule has 1 aromatic heterocycles. The van der Waals surface area contributed by atoms with Crippen molar-refractivity contribution in [3.63, 3.8) is 0 Å². The van der Waals surface area contributed by atoms with E-state index >= 15 is 0 Å². The van der Waals surface area contributed by atoms with Gasteiger partial charge in [0.25, 0.3) is 0 Å². The summed E-state index contributed by atoms with van der Waals surface area (Å²) in [6.07, 6.45) is 1.37. The zero-order valence-corrected chi connectivity index (χ0v) is 6.68. The number of nitrogen functional groups attached to an aromatic ring is 1. The van der Waals surface area contributed by atoms with E-state index in [0.29, 0.717) is 11.5 Å². The summed E-state index contributed by atoms with van der Waals surface area (Å²) in [5.74, 6) is -0.0650. The lowest BCUT2D eigenvalue weighted by atomic mass is 10.3. The predicted octanol–water partition coefficient (Wildman–Crippen LogP) is 0.989. The molecule has 0 spiro atoms. The number of anilines is 1. The van der Waals surface area contributed by atoms with E-state index in [1.165, 1.54) is 16.9 Å². The Kier molecular flexibility index (Phi) is 1.70. The van der Waals surface area contributed by atoms with Crippen molar-refractivity contribution in [3.8, 4) is 5.69 Å². The Morgan fingerprint density at radius 2 is 2.08 bits per heavy atom. The number of aromatic nitrogens is 3. The van der Waals surface area contributed by atoms with Crippen LogP contribution in [0.2, 0.25) is 0 Å². The molecule has 5 heteroatoms. The van der Waals surface area contributed by atoms with Gasteiger partial charge in [0, 0.05) is 0 Å². The predicted molar refractivity (Wildman–Crippen MR) is 45.7 cm³/mol. The zero-order valence-electron chi connectivity index (χ0n) is 6.68. The maximum atomic E-state index is 13.2. The molecule has 66 valence electrons. The van der Waals surface area contributed by atoms with Crippen LogP contribution in [-0.2, 0) is 0 Å². The second-order valence-corrected chi connectivity index (χ2v) is 2.52. The molecular formula is C8H7FN4. The third kappa shape index (κ3) is 1.24. The maximum absolute atomic E-state index is 13.2. The molecule has 1 aromatic carbocycles. The van der Waals surface area contributed by atoms with Crippen LogP contribution in [0.4, 0.5) is 10.2 Å². The average Bonchev–Trinajstić information content (AvgIpc) is 2.52. The number of nitrogens with zero attached hydrogens (tertiary/aromatic N) is 3. The van der Waals surface area contributed by atoms with Gasteiger partial charge in [0.2, 0.25) is 0 Å². The van der Waals surface area contributed by atoms with Gasteiger partial charge in [-0.2, -0.15) is 4.68 Å². The van der Waals surface area contributed by atoms with Crippen LogP contribution in [0.15, 0.2) is 30.5 Å². The number of hydrogen-bond donors (Lipinski definition) is 1. The maximum Gasteiger partial charge on any atom is 0.149 e. The molecule has 0 fully saturated rings. The molecule has 0 amide bonds. The third-order valence-corrected chi connectivity index (χ3v) is 1.66. The van der Waals surface area contributed by atoms with Gasteiger partial charge >= 0.3 is 0 Å². The molecule has 0 unspecified atom stereocenters. The normalized spacial score (nSPS) is 10.2. The van der Waals surface area contributed by atoms with Crippen LogP contribution >= 0.6 is 0 Å². The van der Waals surface area contributed by atoms with Crippen LogP contribution in [0.5, 0.6) is 0 Å². The minimum absolute atomic E-state index is 0.303. The Balaban J connectivity index is 2.59. The molecular weight excluding hydrogens is 171 g/mol. The summed E-state index contributed by atoms with van der Waals surface area (Å²) in [6.45, 7) is 0. The summed E-state index contributed by atoms with van der Waals surface area (Å²) < 4.78 is 14.4. The number of hydrogen-bond acceptors (Lipinski definition) is 3. The third-order valence-electron chi connectivity index (χ3n) is 1.66. The fourth-order valence-corrected chi connectivity index (χ4v) is 1.05. The van der Waals surface area contributed by atoms with E-state index < -0.39 is 0 Å². The highest BCUT2D eigenvalue weighted by atomic mass is 19.1. The number of rotatable bonds is 1. The van der Waals surface area contributed by atoms with E-state index in [9.17, 15) is 4.39 Å². The monoisotopic (exact) mass is 178 g/mol. The largest absolute Gasteiger partial charge is 0.382 e. The van der Waals surface area contributed by atoms with Gasteiger partial charge in [-0.15, -0.1) is 5.10 Å². The van der Waals surface area contributed by atoms with Crippen molar-refractivity contribution in [1.29, 1.82) is 0 Å². The molecule has 1 heterocycles. The fraction of sp³-hybridized carbons (Fsp3) is 0. The smallest absolute Gasteiger partial charge is 0.149 e. The van der Waals surface area contributed by atoms with E-state index in [2.05, 4.69) is 10.3 Å². The van der Waals surface area contributed by atoms with Gasteiger partial charge in [0.1, 0.15) is 17.3 Å². The molecule has 2 rings (SSSR count). The lowest BCUT2D eigenvalue weighted by Gasteiger charge is -2.02. The molecule has 0 saturated heterocycles. The lowest BCUT2D eigenvalue weighted by molar-refractivity contribution is 0.608. The standard InChI is InChI=1S/C8H7FN4/c9-6-3-1-2-4-7(6)13-8(10)5-11-12-13/h1-5H,10H2. The van der Waals surface area contributed by atoms with Crippen molar-refractivity contribution >= 4 is 5.82 Å². The Hall–Kier alpha value is -1.91. The summed E-state index contributed by atoms with van der Waals surface area (Å²) in [4.78, 5) is 0. The van der Waals surface area contributed by atoms with E-state index in [4.69, 9.17) is 5.73 Å². The summed E-state index contributed by atoms with van der Waals surface area (Å²) in [5.41, 5.74) is 5.82. The van der Waals surface area contributed by atoms with Crippen LogP contribution in [0.25, 0.3) is 5.69 Å². The van der Waals surface area contributed by atoms with E-state index in [1.807, 2.05) is 0 Å². The first kappa shape index (κ1) is 7.72. The van der Waals surface area contributed by atoms with Crippen molar-refractivity contribution in [2.75, 3.05) is 5.73 Å². The van der Waals surface area contributed by atoms with Gasteiger partial charge in [-0.25, -0.2) is 4.39 Å². The van der Waals surface area contributed by atoms with E-state index in [0.717, 1.165) is 0 Å². The highest BCUT2D eigenvalue weighted by Gasteiger charge is 2.06. The number of halogens is 1. The van der Waals surface area contributed by atoms with Gasteiger partial charge in [0.15, 0.2) is 0 Å². The van der Waals surface area contributed by atoms with Crippen LogP contribution in [-0.4, -0.2) is 15.0 Å². The second-order valence-electron chi connectivity index (χ2n) is 2.52. The molecule has 0 bridgehead atoms. The summed E-state index contributed by atoms with van der Waals surface area (Å²) >= 11 is 0. The summed E-state index contributed by atoms with van der Waals surface area (Å²) in [5, 5.41) is 7.21. The Morgan fingerprint density at radius 1 is 1.31 bits per heavy atom. The minimum Gasteiger partial charge on any atom is -0.382 e. The SMILES string of the molecule is Nc1cnnn1-c1ccccc1F. The highest BCUT2D eigenvalue weighted by Crippen LogP contribution is 2.13. The lowest BCUT2D eigenvalue weighted by Crippen LogP contribution is -2.03. The van der Waals surface area contributed by atoms with Crippen molar-refractivity contribution in [3.05, 3.63) is 36.3 Å². The summed E-state index contributed by atoms with van der Waals surface area (Å²) in [7, 11) is 0. The van der Waals surface area contributed by atoms with E-state index in [1.54, 1.807) is 18.2 Å². The molecule has 0 radical (unpaired) electrons. The first-order chi connectivity index (χ1) is 6.29. The Bertz CT molecular complexity index is 424. The van der Waals surface area contributed by atoms with Gasteiger partial charge < -0.3 is 5.73 Å². The average molecular weight is 178 g/mol. The molecule has 0 saturated carbocycles. The molecule has 2 aromatic rings. The van der Waals surface area contributed by atoms with Crippen LogP contribution < -0.4 is 5.73 Å². The van der Waals surface area contributed by atoms with Gasteiger partial charge in [-0.05, 0) is 12.1 Å². The van der Waals surface area contributed by atoms with Crippen LogP contribution in [0.1, 0.15) is 0 Å². The molecule has 2 N–H and O–H groups in total. The van der Waals surface area contributed by atoms with Crippen LogP contribution in [0.3, 0.4) is 0 Å². The highest BCUT2D eigenvalue weighted by molar-refractivity contribution is 5.40. The van der Waals surface area contributed by atoms with E-state index in [-0.39, 0.29) is 5.82 Å². The first-order valence-corrected chi connectivity index (χ1v) is 3.70. The summed E-state index contributed by atoms with van der Waals surface area (Å²) in [6, 6.07) is 6.24. The molecule has 0 aliphatic carbocycles. The quantitative estimate of drug-likeness (QED) is 0.708. The molecule has 0 aliphatic heterocycles. The van der Waals surface area contributed by atoms with Gasteiger partial charge in [0.05, 0.1) is 6.20 Å². The number of benzene rings is 1.